The van der Waals surface area contributed by atoms with Crippen molar-refractivity contribution in [3.8, 4) is 6.07 Å². The monoisotopic (exact) mass is 390 g/mol. The number of imidazole rings is 1. The minimum atomic E-state index is -0.243. The van der Waals surface area contributed by atoms with Crippen LogP contribution in [0.5, 0.6) is 0 Å². The topological polar surface area (TPSA) is 70.2 Å². The summed E-state index contributed by atoms with van der Waals surface area (Å²) in [7, 11) is 4.02. The quantitative estimate of drug-likeness (QED) is 0.666. The normalized spacial score (nSPS) is 15.9. The summed E-state index contributed by atoms with van der Waals surface area (Å²) in [5.74, 6) is 0.869. The van der Waals surface area contributed by atoms with E-state index < -0.39 is 0 Å². The number of benzene rings is 1. The van der Waals surface area contributed by atoms with Crippen molar-refractivity contribution in [1.82, 2.24) is 19.4 Å². The molecule has 0 radical (unpaired) electrons. The number of hydrogen-bond donors (Lipinski definition) is 0. The minimum Gasteiger partial charge on any atom is -0.379 e. The van der Waals surface area contributed by atoms with Gasteiger partial charge >= 0.3 is 0 Å². The zero-order chi connectivity index (χ0) is 20.4. The van der Waals surface area contributed by atoms with Crippen LogP contribution in [-0.2, 0) is 18.2 Å². The predicted molar refractivity (Wildman–Crippen MR) is 113 cm³/mol. The Kier molecular flexibility index (Phi) is 5.47. The molecule has 1 unspecified atom stereocenters. The summed E-state index contributed by atoms with van der Waals surface area (Å²) in [4.78, 5) is 13.2. The second-order valence-electron chi connectivity index (χ2n) is 7.37. The number of nitrogens with zero attached hydrogens (tertiary/aromatic N) is 6. The highest BCUT2D eigenvalue weighted by atomic mass is 16.5. The van der Waals surface area contributed by atoms with Crippen molar-refractivity contribution in [2.45, 2.75) is 19.4 Å². The first kappa shape index (κ1) is 19.4. The Balaban J connectivity index is 1.66. The molecule has 4 rings (SSSR count). The Morgan fingerprint density at radius 3 is 2.76 bits per heavy atom. The minimum absolute atomic E-state index is 0.243. The number of ether oxygens (including phenoxy) is 1. The molecule has 1 aliphatic rings. The molecule has 150 valence electrons. The van der Waals surface area contributed by atoms with Gasteiger partial charge < -0.3 is 14.2 Å². The highest BCUT2D eigenvalue weighted by Crippen LogP contribution is 2.31. The number of anilines is 2. The second-order valence-corrected chi connectivity index (χ2v) is 7.37. The summed E-state index contributed by atoms with van der Waals surface area (Å²) >= 11 is 0. The first-order valence-corrected chi connectivity index (χ1v) is 9.97. The summed E-state index contributed by atoms with van der Waals surface area (Å²) in [5.41, 5.74) is 5.28. The highest BCUT2D eigenvalue weighted by molar-refractivity contribution is 5.79. The first-order chi connectivity index (χ1) is 14.1. The van der Waals surface area contributed by atoms with E-state index in [1.807, 2.05) is 24.9 Å². The van der Waals surface area contributed by atoms with E-state index in [2.05, 4.69) is 57.0 Å². The Hall–Kier alpha value is -2.95. The van der Waals surface area contributed by atoms with Crippen molar-refractivity contribution in [1.29, 1.82) is 5.26 Å². The molecule has 1 fully saturated rings. The molecule has 0 saturated carbocycles. The average molecular weight is 390 g/mol. The van der Waals surface area contributed by atoms with Crippen molar-refractivity contribution >= 4 is 22.5 Å². The van der Waals surface area contributed by atoms with Crippen LogP contribution in [0.4, 0.5) is 11.5 Å². The Morgan fingerprint density at radius 2 is 2.03 bits per heavy atom. The fraction of sp³-hybridized carbons (Fsp3) is 0.409. The van der Waals surface area contributed by atoms with Gasteiger partial charge in [0.1, 0.15) is 17.4 Å². The molecule has 0 aliphatic carbocycles. The molecule has 0 N–H and O–H groups in total. The van der Waals surface area contributed by atoms with Crippen LogP contribution in [0.1, 0.15) is 24.1 Å². The van der Waals surface area contributed by atoms with Crippen LogP contribution >= 0.6 is 0 Å². The molecule has 7 heteroatoms. The molecule has 0 amide bonds. The van der Waals surface area contributed by atoms with Crippen molar-refractivity contribution in [3.63, 3.8) is 0 Å². The Labute approximate surface area is 171 Å². The molecule has 0 bridgehead atoms. The Bertz CT molecular complexity index is 1050. The standard InChI is InChI=1S/C22H26N6O/c1-4-16-11-17(21(13-23)28-7-9-29-10-8-28)5-6-19(16)27(3)22-12-20-18(14-24-22)25-15-26(20)2/h5-6,11-12,14-15,21H,4,7-10H2,1-3H3. The van der Waals surface area contributed by atoms with E-state index in [1.165, 1.54) is 5.56 Å². The third-order valence-electron chi connectivity index (χ3n) is 5.64. The molecular weight excluding hydrogens is 364 g/mol. The van der Waals surface area contributed by atoms with Gasteiger partial charge in [-0.25, -0.2) is 9.97 Å². The number of rotatable bonds is 5. The van der Waals surface area contributed by atoms with Crippen LogP contribution in [0.25, 0.3) is 11.0 Å². The van der Waals surface area contributed by atoms with Crippen LogP contribution in [0.3, 0.4) is 0 Å². The van der Waals surface area contributed by atoms with E-state index >= 15 is 0 Å². The fourth-order valence-electron chi connectivity index (χ4n) is 3.92. The number of fused-ring (bicyclic) bond motifs is 1. The molecule has 3 heterocycles. The molecule has 2 aromatic heterocycles. The molecule has 0 spiro atoms. The van der Waals surface area contributed by atoms with Gasteiger partial charge in [0.2, 0.25) is 0 Å². The molecule has 1 aromatic carbocycles. The lowest BCUT2D eigenvalue weighted by Crippen LogP contribution is -2.38. The molecule has 29 heavy (non-hydrogen) atoms. The van der Waals surface area contributed by atoms with E-state index in [1.54, 1.807) is 6.33 Å². The molecular formula is C22H26N6O. The van der Waals surface area contributed by atoms with E-state index in [4.69, 9.17) is 4.74 Å². The van der Waals surface area contributed by atoms with Crippen LogP contribution in [0, 0.1) is 11.3 Å². The van der Waals surface area contributed by atoms with E-state index in [9.17, 15) is 5.26 Å². The number of nitriles is 1. The smallest absolute Gasteiger partial charge is 0.134 e. The van der Waals surface area contributed by atoms with Crippen molar-refractivity contribution in [2.24, 2.45) is 7.05 Å². The van der Waals surface area contributed by atoms with Gasteiger partial charge in [0.25, 0.3) is 0 Å². The Morgan fingerprint density at radius 1 is 1.24 bits per heavy atom. The molecule has 3 aromatic rings. The van der Waals surface area contributed by atoms with Crippen molar-refractivity contribution in [3.05, 3.63) is 47.9 Å². The van der Waals surface area contributed by atoms with Crippen LogP contribution < -0.4 is 4.90 Å². The maximum absolute atomic E-state index is 9.80. The summed E-state index contributed by atoms with van der Waals surface area (Å²) in [6.45, 7) is 5.08. The summed E-state index contributed by atoms with van der Waals surface area (Å²) in [6.07, 6.45) is 4.49. The lowest BCUT2D eigenvalue weighted by atomic mass is 10.00. The largest absolute Gasteiger partial charge is 0.379 e. The van der Waals surface area contributed by atoms with Crippen LogP contribution in [-0.4, -0.2) is 52.8 Å². The molecule has 1 atom stereocenters. The maximum atomic E-state index is 9.80. The lowest BCUT2D eigenvalue weighted by molar-refractivity contribution is 0.0266. The first-order valence-electron chi connectivity index (χ1n) is 9.97. The summed E-state index contributed by atoms with van der Waals surface area (Å²) in [6, 6.07) is 10.6. The summed E-state index contributed by atoms with van der Waals surface area (Å²) in [5, 5.41) is 9.80. The van der Waals surface area contributed by atoms with Gasteiger partial charge in [0.05, 0.1) is 37.3 Å². The van der Waals surface area contributed by atoms with Crippen molar-refractivity contribution in [2.75, 3.05) is 38.3 Å². The van der Waals surface area contributed by atoms with Gasteiger partial charge in [-0.05, 0) is 23.6 Å². The van der Waals surface area contributed by atoms with Crippen molar-refractivity contribution < 1.29 is 4.74 Å². The highest BCUT2D eigenvalue weighted by Gasteiger charge is 2.23. The average Bonchev–Trinajstić information content (AvgIpc) is 3.14. The van der Waals surface area contributed by atoms with Gasteiger partial charge in [-0.2, -0.15) is 5.26 Å². The lowest BCUT2D eigenvalue weighted by Gasteiger charge is -2.31. The third kappa shape index (κ3) is 3.69. The fourth-order valence-corrected chi connectivity index (χ4v) is 3.92. The van der Waals surface area contributed by atoms with Gasteiger partial charge in [-0.3, -0.25) is 4.90 Å². The summed E-state index contributed by atoms with van der Waals surface area (Å²) < 4.78 is 7.43. The number of aromatic nitrogens is 3. The zero-order valence-corrected chi connectivity index (χ0v) is 17.2. The predicted octanol–water partition coefficient (Wildman–Crippen LogP) is 3.20. The van der Waals surface area contributed by atoms with Gasteiger partial charge in [-0.15, -0.1) is 0 Å². The van der Waals surface area contributed by atoms with E-state index in [0.29, 0.717) is 13.2 Å². The SMILES string of the molecule is CCc1cc(C(C#N)N2CCOCC2)ccc1N(C)c1cc2c(cn1)ncn2C. The molecule has 1 saturated heterocycles. The number of hydrogen-bond acceptors (Lipinski definition) is 6. The zero-order valence-electron chi connectivity index (χ0n) is 17.2. The number of pyridine rings is 1. The van der Waals surface area contributed by atoms with E-state index in [-0.39, 0.29) is 6.04 Å². The third-order valence-corrected chi connectivity index (χ3v) is 5.64. The number of aryl methyl sites for hydroxylation is 2. The molecule has 1 aliphatic heterocycles. The van der Waals surface area contributed by atoms with Gasteiger partial charge in [0, 0.05) is 38.9 Å². The number of morpholine rings is 1. The van der Waals surface area contributed by atoms with Crippen LogP contribution in [0.15, 0.2) is 36.8 Å². The maximum Gasteiger partial charge on any atom is 0.134 e. The molecule has 7 nitrogen and oxygen atoms in total. The van der Waals surface area contributed by atoms with Gasteiger partial charge in [-0.1, -0.05) is 19.1 Å². The van der Waals surface area contributed by atoms with Crippen LogP contribution in [0.2, 0.25) is 0 Å². The second kappa shape index (κ2) is 8.19. The van der Waals surface area contributed by atoms with Gasteiger partial charge in [0.15, 0.2) is 0 Å². The van der Waals surface area contributed by atoms with E-state index in [0.717, 1.165) is 47.6 Å².